The van der Waals surface area contributed by atoms with Crippen LogP contribution in [0.15, 0.2) is 42.9 Å². The molecule has 2 heterocycles. The molecule has 0 bridgehead atoms. The Bertz CT molecular complexity index is 1360. The van der Waals surface area contributed by atoms with Gasteiger partial charge in [0.15, 0.2) is 18.1 Å². The minimum atomic E-state index is -0.973. The highest BCUT2D eigenvalue weighted by atomic mass is 16.6. The number of amidine groups is 1. The van der Waals surface area contributed by atoms with Crippen molar-refractivity contribution in [3.8, 4) is 0 Å². The van der Waals surface area contributed by atoms with Crippen molar-refractivity contribution in [2.45, 2.75) is 72.2 Å². The molecule has 4 N–H and O–H groups in total. The van der Waals surface area contributed by atoms with E-state index in [1.807, 2.05) is 13.8 Å². The molecular weight excluding hydrogens is 562 g/mol. The van der Waals surface area contributed by atoms with Crippen molar-refractivity contribution in [2.75, 3.05) is 19.7 Å². The number of benzene rings is 1. The molecule has 1 aromatic carbocycles. The number of carbonyl (C=O) groups excluding carboxylic acids is 4. The van der Waals surface area contributed by atoms with Gasteiger partial charge in [-0.15, -0.1) is 0 Å². The summed E-state index contributed by atoms with van der Waals surface area (Å²) < 4.78 is 19.4. The number of aryl methyl sites for hydroxylation is 1. The number of carbonyl (C=O) groups is 4. The Hall–Kier alpha value is -4.46. The molecular formula is C29H39N5O9. The zero-order valence-corrected chi connectivity index (χ0v) is 24.8. The SMILES string of the molecule is CCOC(=O)CN[C@H](CC(C)C)C(=O)N1CCC[C@H]1C(=O)NCc1ccc(C(N)=NC(=O)OCc2oc(=O)oc2C)cc1. The fraction of sp³-hybridized carbons (Fsp3) is 0.517. The Morgan fingerprint density at radius 1 is 1.14 bits per heavy atom. The number of hydrogen-bond acceptors (Lipinski definition) is 10. The third-order valence-electron chi connectivity index (χ3n) is 6.73. The Labute approximate surface area is 249 Å². The first-order valence-corrected chi connectivity index (χ1v) is 14.1. The van der Waals surface area contributed by atoms with Gasteiger partial charge in [0.25, 0.3) is 0 Å². The molecule has 0 radical (unpaired) electrons. The number of hydrogen-bond donors (Lipinski definition) is 3. The van der Waals surface area contributed by atoms with Gasteiger partial charge in [-0.2, -0.15) is 4.99 Å². The average molecular weight is 602 g/mol. The topological polar surface area (TPSA) is 196 Å². The van der Waals surface area contributed by atoms with E-state index in [1.54, 1.807) is 36.1 Å². The summed E-state index contributed by atoms with van der Waals surface area (Å²) in [5.74, 6) is -1.43. The second kappa shape index (κ2) is 15.7. The molecule has 0 spiro atoms. The van der Waals surface area contributed by atoms with Gasteiger partial charge < -0.3 is 34.3 Å². The van der Waals surface area contributed by atoms with Gasteiger partial charge in [-0.3, -0.25) is 19.7 Å². The molecule has 0 saturated carbocycles. The fourth-order valence-corrected chi connectivity index (χ4v) is 4.59. The second-order valence-corrected chi connectivity index (χ2v) is 10.5. The Morgan fingerprint density at radius 2 is 1.86 bits per heavy atom. The first-order chi connectivity index (χ1) is 20.5. The van der Waals surface area contributed by atoms with Gasteiger partial charge in [-0.25, -0.2) is 9.59 Å². The first-order valence-electron chi connectivity index (χ1n) is 14.1. The minimum absolute atomic E-state index is 0.0738. The van der Waals surface area contributed by atoms with Crippen LogP contribution in [0.4, 0.5) is 4.79 Å². The van der Waals surface area contributed by atoms with E-state index in [2.05, 4.69) is 15.6 Å². The molecule has 234 valence electrons. The maximum Gasteiger partial charge on any atom is 0.519 e. The molecule has 14 heteroatoms. The third kappa shape index (κ3) is 9.81. The lowest BCUT2D eigenvalue weighted by atomic mass is 10.0. The van der Waals surface area contributed by atoms with E-state index in [0.29, 0.717) is 31.4 Å². The van der Waals surface area contributed by atoms with Crippen molar-refractivity contribution < 1.29 is 37.5 Å². The van der Waals surface area contributed by atoms with Crippen LogP contribution in [-0.2, 0) is 37.0 Å². The minimum Gasteiger partial charge on any atom is -0.465 e. The molecule has 1 aromatic heterocycles. The molecule has 3 rings (SSSR count). The normalized spacial score (nSPS) is 15.8. The summed E-state index contributed by atoms with van der Waals surface area (Å²) in [6, 6.07) is 5.52. The van der Waals surface area contributed by atoms with E-state index < -0.39 is 30.0 Å². The van der Waals surface area contributed by atoms with Gasteiger partial charge in [0.05, 0.1) is 19.2 Å². The lowest BCUT2D eigenvalue weighted by Gasteiger charge is -2.29. The van der Waals surface area contributed by atoms with E-state index in [4.69, 9.17) is 24.0 Å². The van der Waals surface area contributed by atoms with Crippen molar-refractivity contribution in [1.29, 1.82) is 0 Å². The van der Waals surface area contributed by atoms with Gasteiger partial charge in [-0.1, -0.05) is 38.1 Å². The number of nitrogens with zero attached hydrogens (tertiary/aromatic N) is 2. The van der Waals surface area contributed by atoms with Gasteiger partial charge in [0.2, 0.25) is 11.8 Å². The smallest absolute Gasteiger partial charge is 0.465 e. The lowest BCUT2D eigenvalue weighted by molar-refractivity contribution is -0.143. The Balaban J connectivity index is 1.54. The average Bonchev–Trinajstić information content (AvgIpc) is 3.58. The summed E-state index contributed by atoms with van der Waals surface area (Å²) in [4.78, 5) is 66.7. The molecule has 1 fully saturated rings. The van der Waals surface area contributed by atoms with Gasteiger partial charge >= 0.3 is 17.9 Å². The first kappa shape index (κ1) is 33.0. The number of ether oxygens (including phenoxy) is 2. The van der Waals surface area contributed by atoms with Crippen LogP contribution in [0.1, 0.15) is 62.7 Å². The van der Waals surface area contributed by atoms with E-state index in [-0.39, 0.29) is 61.4 Å². The molecule has 2 aromatic rings. The monoisotopic (exact) mass is 601 g/mol. The van der Waals surface area contributed by atoms with Crippen molar-refractivity contribution in [1.82, 2.24) is 15.5 Å². The summed E-state index contributed by atoms with van der Waals surface area (Å²) in [5, 5.41) is 5.90. The van der Waals surface area contributed by atoms with Crippen LogP contribution in [0, 0.1) is 12.8 Å². The van der Waals surface area contributed by atoms with Gasteiger partial charge in [0, 0.05) is 18.7 Å². The highest BCUT2D eigenvalue weighted by Crippen LogP contribution is 2.21. The predicted molar refractivity (Wildman–Crippen MR) is 154 cm³/mol. The van der Waals surface area contributed by atoms with Gasteiger partial charge in [-0.05, 0) is 44.6 Å². The zero-order valence-electron chi connectivity index (χ0n) is 24.8. The van der Waals surface area contributed by atoms with E-state index in [9.17, 15) is 24.0 Å². The summed E-state index contributed by atoms with van der Waals surface area (Å²) in [6.45, 7) is 7.70. The second-order valence-electron chi connectivity index (χ2n) is 10.5. The summed E-state index contributed by atoms with van der Waals surface area (Å²) >= 11 is 0. The van der Waals surface area contributed by atoms with Crippen LogP contribution in [0.3, 0.4) is 0 Å². The summed E-state index contributed by atoms with van der Waals surface area (Å²) in [6.07, 6.45) is 0.779. The highest BCUT2D eigenvalue weighted by molar-refractivity contribution is 6.02. The van der Waals surface area contributed by atoms with E-state index in [0.717, 1.165) is 5.56 Å². The number of aliphatic imine (C=N–C) groups is 1. The third-order valence-corrected chi connectivity index (χ3v) is 6.73. The van der Waals surface area contributed by atoms with Crippen LogP contribution >= 0.6 is 0 Å². The van der Waals surface area contributed by atoms with Crippen molar-refractivity contribution in [2.24, 2.45) is 16.6 Å². The Kier molecular flexibility index (Phi) is 12.0. The van der Waals surface area contributed by atoms with Crippen molar-refractivity contribution >= 4 is 29.7 Å². The number of likely N-dealkylation sites (tertiary alicyclic amines) is 1. The molecule has 1 aliphatic heterocycles. The van der Waals surface area contributed by atoms with Crippen LogP contribution in [0.25, 0.3) is 0 Å². The Morgan fingerprint density at radius 3 is 2.49 bits per heavy atom. The summed E-state index contributed by atoms with van der Waals surface area (Å²) in [5.41, 5.74) is 7.15. The molecule has 43 heavy (non-hydrogen) atoms. The zero-order chi connectivity index (χ0) is 31.5. The number of nitrogens with two attached hydrogens (primary N) is 1. The standard InChI is InChI=1S/C29H39N5O9/c1-5-40-24(35)15-31-21(13-17(2)3)27(37)34-12-6-7-22(34)26(36)32-14-19-8-10-20(11-9-19)25(30)33-28(38)41-16-23-18(4)42-29(39)43-23/h8-11,17,21-22,31H,5-7,12-16H2,1-4H3,(H,32,36)(H2,30,33,38)/t21-,22+/m1/s1. The quantitative estimate of drug-likeness (QED) is 0.172. The summed E-state index contributed by atoms with van der Waals surface area (Å²) in [7, 11) is 0. The number of nitrogens with one attached hydrogen (secondary N) is 2. The van der Waals surface area contributed by atoms with Crippen molar-refractivity contribution in [3.63, 3.8) is 0 Å². The lowest BCUT2D eigenvalue weighted by Crippen LogP contribution is -2.53. The number of rotatable bonds is 13. The molecule has 1 saturated heterocycles. The largest absolute Gasteiger partial charge is 0.519 e. The van der Waals surface area contributed by atoms with Crippen LogP contribution in [0.5, 0.6) is 0 Å². The van der Waals surface area contributed by atoms with Gasteiger partial charge in [0.1, 0.15) is 11.9 Å². The number of esters is 1. The fourth-order valence-electron chi connectivity index (χ4n) is 4.59. The van der Waals surface area contributed by atoms with Crippen molar-refractivity contribution in [3.05, 3.63) is 57.5 Å². The maximum atomic E-state index is 13.4. The maximum absolute atomic E-state index is 13.4. The number of amides is 3. The molecule has 0 aliphatic carbocycles. The molecule has 14 nitrogen and oxygen atoms in total. The van der Waals surface area contributed by atoms with Crippen LogP contribution in [0.2, 0.25) is 0 Å². The molecule has 1 aliphatic rings. The molecule has 3 amide bonds. The molecule has 2 atom stereocenters. The van der Waals surface area contributed by atoms with Crippen LogP contribution < -0.4 is 22.2 Å². The predicted octanol–water partition coefficient (Wildman–Crippen LogP) is 1.76. The molecule has 0 unspecified atom stereocenters. The van der Waals surface area contributed by atoms with Crippen LogP contribution in [-0.4, -0.2) is 66.4 Å². The highest BCUT2D eigenvalue weighted by Gasteiger charge is 2.37. The van der Waals surface area contributed by atoms with E-state index in [1.165, 1.54) is 6.92 Å². The van der Waals surface area contributed by atoms with E-state index >= 15 is 0 Å².